The van der Waals surface area contributed by atoms with Crippen molar-refractivity contribution >= 4 is 16.7 Å². The van der Waals surface area contributed by atoms with Crippen molar-refractivity contribution in [1.82, 2.24) is 24.5 Å². The van der Waals surface area contributed by atoms with Crippen molar-refractivity contribution in [2.24, 2.45) is 5.92 Å². The average Bonchev–Trinajstić information content (AvgIpc) is 2.69. The maximum absolute atomic E-state index is 12.7. The zero-order valence-electron chi connectivity index (χ0n) is 15.4. The van der Waals surface area contributed by atoms with Crippen LogP contribution in [0.4, 0.5) is 14.6 Å². The number of halogens is 2. The van der Waals surface area contributed by atoms with Crippen molar-refractivity contribution in [3.63, 3.8) is 0 Å². The number of aryl methyl sites for hydroxylation is 1. The molecule has 9 heteroatoms. The van der Waals surface area contributed by atoms with E-state index in [0.717, 1.165) is 48.7 Å². The number of rotatable bonds is 4. The third-order valence-electron chi connectivity index (χ3n) is 5.08. The number of alkyl halides is 2. The van der Waals surface area contributed by atoms with Gasteiger partial charge in [-0.2, -0.15) is 0 Å². The largest absolute Gasteiger partial charge is 0.356 e. The van der Waals surface area contributed by atoms with E-state index in [2.05, 4.69) is 24.8 Å². The third-order valence-corrected chi connectivity index (χ3v) is 5.08. The molecule has 1 saturated heterocycles. The molecule has 0 aromatic carbocycles. The van der Waals surface area contributed by atoms with Crippen LogP contribution in [0.5, 0.6) is 0 Å². The first-order valence-corrected chi connectivity index (χ1v) is 9.19. The van der Waals surface area contributed by atoms with Crippen LogP contribution in [0.15, 0.2) is 35.6 Å². The first-order chi connectivity index (χ1) is 13.5. The number of hydrogen-bond acceptors (Lipinski definition) is 6. The number of hydrogen-bond donors (Lipinski definition) is 0. The summed E-state index contributed by atoms with van der Waals surface area (Å²) in [6, 6.07) is 2.84. The van der Waals surface area contributed by atoms with Crippen molar-refractivity contribution in [2.45, 2.75) is 32.7 Å². The van der Waals surface area contributed by atoms with E-state index >= 15 is 0 Å². The monoisotopic (exact) mass is 386 g/mol. The van der Waals surface area contributed by atoms with Crippen LogP contribution in [0, 0.1) is 12.8 Å². The highest BCUT2D eigenvalue weighted by Crippen LogP contribution is 2.28. The number of nitrogens with zero attached hydrogens (tertiary/aromatic N) is 6. The SMILES string of the molecule is Cc1nc(N2CCC(Cn3cnc(C(F)F)cc3=O)CC2)c2ccncc2n1. The van der Waals surface area contributed by atoms with Crippen LogP contribution in [-0.2, 0) is 6.54 Å². The van der Waals surface area contributed by atoms with Gasteiger partial charge in [0, 0.05) is 37.3 Å². The van der Waals surface area contributed by atoms with Crippen molar-refractivity contribution in [1.29, 1.82) is 0 Å². The Labute approximate surface area is 160 Å². The molecular formula is C19H20F2N6O. The van der Waals surface area contributed by atoms with Crippen molar-refractivity contribution in [2.75, 3.05) is 18.0 Å². The van der Waals surface area contributed by atoms with Gasteiger partial charge in [0.15, 0.2) is 0 Å². The fraction of sp³-hybridized carbons (Fsp3) is 0.421. The van der Waals surface area contributed by atoms with E-state index in [-0.39, 0.29) is 5.92 Å². The third kappa shape index (κ3) is 3.69. The Hall–Kier alpha value is -2.97. The van der Waals surface area contributed by atoms with Gasteiger partial charge in [-0.25, -0.2) is 23.7 Å². The molecule has 28 heavy (non-hydrogen) atoms. The fourth-order valence-corrected chi connectivity index (χ4v) is 3.62. The lowest BCUT2D eigenvalue weighted by molar-refractivity contribution is 0.145. The second-order valence-corrected chi connectivity index (χ2v) is 7.02. The molecule has 7 nitrogen and oxygen atoms in total. The first kappa shape index (κ1) is 18.4. The minimum absolute atomic E-state index is 0.281. The van der Waals surface area contributed by atoms with Crippen LogP contribution in [0.2, 0.25) is 0 Å². The Bertz CT molecular complexity index is 1050. The molecule has 1 aliphatic rings. The molecule has 0 unspecified atom stereocenters. The highest BCUT2D eigenvalue weighted by atomic mass is 19.3. The molecular weight excluding hydrogens is 366 g/mol. The van der Waals surface area contributed by atoms with E-state index in [4.69, 9.17) is 0 Å². The van der Waals surface area contributed by atoms with Crippen molar-refractivity contribution in [3.8, 4) is 0 Å². The second kappa shape index (κ2) is 7.57. The molecule has 0 N–H and O–H groups in total. The van der Waals surface area contributed by atoms with E-state index in [1.165, 1.54) is 10.9 Å². The Morgan fingerprint density at radius 1 is 1.25 bits per heavy atom. The van der Waals surface area contributed by atoms with Crippen LogP contribution in [-0.4, -0.2) is 37.6 Å². The van der Waals surface area contributed by atoms with Crippen LogP contribution >= 0.6 is 0 Å². The Morgan fingerprint density at radius 2 is 2.04 bits per heavy atom. The first-order valence-electron chi connectivity index (χ1n) is 9.19. The van der Waals surface area contributed by atoms with Gasteiger partial charge >= 0.3 is 0 Å². The number of piperidine rings is 1. The predicted octanol–water partition coefficient (Wildman–Crippen LogP) is 2.74. The summed E-state index contributed by atoms with van der Waals surface area (Å²) in [6.45, 7) is 3.95. The Morgan fingerprint density at radius 3 is 2.75 bits per heavy atom. The van der Waals surface area contributed by atoms with Gasteiger partial charge in [0.25, 0.3) is 12.0 Å². The van der Waals surface area contributed by atoms with Gasteiger partial charge < -0.3 is 4.90 Å². The van der Waals surface area contributed by atoms with Gasteiger partial charge in [-0.05, 0) is 31.7 Å². The molecule has 0 aliphatic carbocycles. The summed E-state index contributed by atoms with van der Waals surface area (Å²) >= 11 is 0. The molecule has 0 bridgehead atoms. The summed E-state index contributed by atoms with van der Waals surface area (Å²) in [7, 11) is 0. The summed E-state index contributed by atoms with van der Waals surface area (Å²) in [5.74, 6) is 1.89. The molecule has 4 rings (SSSR count). The van der Waals surface area contributed by atoms with Gasteiger partial charge in [0.05, 0.1) is 18.0 Å². The maximum atomic E-state index is 12.7. The average molecular weight is 386 g/mol. The molecule has 4 heterocycles. The Balaban J connectivity index is 1.47. The highest BCUT2D eigenvalue weighted by Gasteiger charge is 2.23. The molecule has 0 atom stereocenters. The number of aromatic nitrogens is 5. The normalized spacial score (nSPS) is 15.5. The lowest BCUT2D eigenvalue weighted by atomic mass is 9.96. The summed E-state index contributed by atoms with van der Waals surface area (Å²) < 4.78 is 26.7. The predicted molar refractivity (Wildman–Crippen MR) is 100 cm³/mol. The molecule has 1 aliphatic heterocycles. The molecule has 0 spiro atoms. The molecule has 1 fully saturated rings. The van der Waals surface area contributed by atoms with Gasteiger partial charge in [-0.15, -0.1) is 0 Å². The van der Waals surface area contributed by atoms with Gasteiger partial charge in [0.2, 0.25) is 0 Å². The molecule has 0 amide bonds. The smallest absolute Gasteiger partial charge is 0.280 e. The van der Waals surface area contributed by atoms with Crippen LogP contribution < -0.4 is 10.5 Å². The second-order valence-electron chi connectivity index (χ2n) is 7.02. The standard InChI is InChI=1S/C19H20F2N6O/c1-12-24-16-9-22-5-2-14(16)19(25-12)26-6-3-13(4-7-26)10-27-11-23-15(18(20)21)8-17(27)28/h2,5,8-9,11,13,18H,3-4,6-7,10H2,1H3. The van der Waals surface area contributed by atoms with Crippen molar-refractivity contribution < 1.29 is 8.78 Å². The molecule has 3 aromatic heterocycles. The molecule has 3 aromatic rings. The molecule has 0 saturated carbocycles. The number of anilines is 1. The summed E-state index contributed by atoms with van der Waals surface area (Å²) in [6.07, 6.45) is 3.72. The summed E-state index contributed by atoms with van der Waals surface area (Å²) in [4.78, 5) is 31.2. The van der Waals surface area contributed by atoms with E-state index in [1.54, 1.807) is 12.4 Å². The van der Waals surface area contributed by atoms with Crippen LogP contribution in [0.3, 0.4) is 0 Å². The number of fused-ring (bicyclic) bond motifs is 1. The zero-order valence-corrected chi connectivity index (χ0v) is 15.4. The van der Waals surface area contributed by atoms with Crippen LogP contribution in [0.25, 0.3) is 10.9 Å². The minimum atomic E-state index is -2.73. The zero-order chi connectivity index (χ0) is 19.7. The van der Waals surface area contributed by atoms with E-state index in [0.29, 0.717) is 12.4 Å². The van der Waals surface area contributed by atoms with E-state index < -0.39 is 17.7 Å². The minimum Gasteiger partial charge on any atom is -0.356 e. The topological polar surface area (TPSA) is 76.8 Å². The lowest BCUT2D eigenvalue weighted by Crippen LogP contribution is -2.37. The lowest BCUT2D eigenvalue weighted by Gasteiger charge is -2.33. The highest BCUT2D eigenvalue weighted by molar-refractivity contribution is 5.88. The fourth-order valence-electron chi connectivity index (χ4n) is 3.62. The summed E-state index contributed by atoms with van der Waals surface area (Å²) in [5.41, 5.74) is -0.0851. The Kier molecular flexibility index (Phi) is 4.97. The quantitative estimate of drug-likeness (QED) is 0.686. The number of pyridine rings is 1. The molecule has 0 radical (unpaired) electrons. The van der Waals surface area contributed by atoms with Crippen molar-refractivity contribution in [3.05, 3.63) is 52.7 Å². The molecule has 146 valence electrons. The van der Waals surface area contributed by atoms with E-state index in [9.17, 15) is 13.6 Å². The van der Waals surface area contributed by atoms with Crippen LogP contribution in [0.1, 0.15) is 30.8 Å². The van der Waals surface area contributed by atoms with E-state index in [1.807, 2.05) is 13.0 Å². The van der Waals surface area contributed by atoms with Gasteiger partial charge in [-0.1, -0.05) is 0 Å². The maximum Gasteiger partial charge on any atom is 0.280 e. The summed E-state index contributed by atoms with van der Waals surface area (Å²) in [5, 5.41) is 0.974. The van der Waals surface area contributed by atoms with Gasteiger partial charge in [0.1, 0.15) is 17.3 Å². The van der Waals surface area contributed by atoms with Gasteiger partial charge in [-0.3, -0.25) is 14.3 Å².